The molecule has 3 aromatic rings. The first-order valence-corrected chi connectivity index (χ1v) is 21.2. The van der Waals surface area contributed by atoms with Crippen LogP contribution in [0.1, 0.15) is 94.1 Å². The van der Waals surface area contributed by atoms with E-state index in [0.29, 0.717) is 5.69 Å². The Morgan fingerprint density at radius 3 is 2.14 bits per heavy atom. The van der Waals surface area contributed by atoms with E-state index < -0.39 is 111 Å². The largest absolute Gasteiger partial charge is 0.493 e. The molecule has 0 radical (unpaired) electrons. The third-order valence-corrected chi connectivity index (χ3v) is 12.6. The normalized spacial score (nSPS) is 29.5. The number of anilines is 1. The van der Waals surface area contributed by atoms with Crippen LogP contribution in [0.3, 0.4) is 0 Å². The van der Waals surface area contributed by atoms with E-state index in [1.807, 2.05) is 6.92 Å². The number of nitrogens with zero attached hydrogens (tertiary/aromatic N) is 1. The molecular weight excluding hydrogens is 844 g/mol. The van der Waals surface area contributed by atoms with E-state index in [-0.39, 0.29) is 33.0 Å². The van der Waals surface area contributed by atoms with Crippen LogP contribution in [0, 0.1) is 37.5 Å². The van der Waals surface area contributed by atoms with Gasteiger partial charge in [-0.2, -0.15) is 0 Å². The second-order valence-electron chi connectivity index (χ2n) is 16.8. The van der Waals surface area contributed by atoms with Crippen LogP contribution >= 0.6 is 11.6 Å². The van der Waals surface area contributed by atoms with Gasteiger partial charge in [0.05, 0.1) is 58.0 Å². The van der Waals surface area contributed by atoms with Crippen molar-refractivity contribution in [2.75, 3.05) is 12.4 Å². The molecule has 5 bridgehead atoms. The number of aliphatic hydroxyl groups is 4. The number of Topliss-reactive ketones (excluding diaryl/α,β-unsaturated/α-hetero) is 3. The molecule has 3 aromatic carbocycles. The molecular formula is C49H53ClN2O12. The smallest absolute Gasteiger partial charge is 0.345 e. The zero-order valence-corrected chi connectivity index (χ0v) is 37.8. The summed E-state index contributed by atoms with van der Waals surface area (Å²) in [5.74, 6) is -9.81. The number of ether oxygens (including phenoxy) is 4. The topological polar surface area (TPSA) is 211 Å². The van der Waals surface area contributed by atoms with E-state index >= 15 is 9.59 Å². The second kappa shape index (κ2) is 19.1. The Bertz CT molecular complexity index is 2520. The monoisotopic (exact) mass is 896 g/mol. The number of benzene rings is 3. The molecule has 9 unspecified atom stereocenters. The van der Waals surface area contributed by atoms with Crippen molar-refractivity contribution >= 4 is 46.5 Å². The lowest BCUT2D eigenvalue weighted by atomic mass is 9.78. The van der Waals surface area contributed by atoms with E-state index in [1.165, 1.54) is 52.2 Å². The van der Waals surface area contributed by atoms with Gasteiger partial charge in [-0.05, 0) is 51.1 Å². The van der Waals surface area contributed by atoms with Gasteiger partial charge in [0.1, 0.15) is 22.9 Å². The lowest BCUT2D eigenvalue weighted by Gasteiger charge is -2.36. The van der Waals surface area contributed by atoms with E-state index in [2.05, 4.69) is 10.3 Å². The average molecular weight is 897 g/mol. The van der Waals surface area contributed by atoms with Crippen LogP contribution in [0.4, 0.5) is 5.69 Å². The SMILES string of the molecule is COC1/C=C/OC2(C)Oc3c(C)c(OC(=O)c4ccccc4Cl)c4c(c3C2=O)C(=O)C(Nc2ccc(C)cc2)=C(N=C(O)/C(C)=C\C=C\C(C)C(O)C(C)C(O)C(C)C(O)C1C)C4=O. The fraction of sp³-hybridized carbons (Fsp3) is 0.367. The minimum atomic E-state index is -2.16. The first-order chi connectivity index (χ1) is 30.2. The summed E-state index contributed by atoms with van der Waals surface area (Å²) < 4.78 is 23.9. The lowest BCUT2D eigenvalue weighted by Crippen LogP contribution is -2.44. The summed E-state index contributed by atoms with van der Waals surface area (Å²) in [7, 11) is 1.41. The minimum absolute atomic E-state index is 0.0150. The third kappa shape index (κ3) is 9.06. The predicted octanol–water partition coefficient (Wildman–Crippen LogP) is 7.82. The van der Waals surface area contributed by atoms with Gasteiger partial charge < -0.3 is 44.7 Å². The maximum Gasteiger partial charge on any atom is 0.345 e. The molecule has 14 nitrogen and oxygen atoms in total. The molecule has 15 heteroatoms. The predicted molar refractivity (Wildman–Crippen MR) is 240 cm³/mol. The van der Waals surface area contributed by atoms with Crippen LogP contribution in [-0.2, 0) is 9.47 Å². The van der Waals surface area contributed by atoms with Gasteiger partial charge in [-0.25, -0.2) is 9.79 Å². The number of esters is 1. The number of rotatable bonds is 5. The number of methoxy groups -OCH3 is 1. The minimum Gasteiger partial charge on any atom is -0.493 e. The summed E-state index contributed by atoms with van der Waals surface area (Å²) in [6.07, 6.45) is 3.15. The van der Waals surface area contributed by atoms with Crippen LogP contribution in [0.25, 0.3) is 0 Å². The molecule has 3 heterocycles. The lowest BCUT2D eigenvalue weighted by molar-refractivity contribution is -0.0884. The molecule has 9 atom stereocenters. The summed E-state index contributed by atoms with van der Waals surface area (Å²) >= 11 is 6.37. The van der Waals surface area contributed by atoms with Gasteiger partial charge in [-0.1, -0.05) is 87.4 Å². The Morgan fingerprint density at radius 2 is 1.48 bits per heavy atom. The highest BCUT2D eigenvalue weighted by atomic mass is 35.5. The highest BCUT2D eigenvalue weighted by molar-refractivity contribution is 6.34. The number of halogens is 1. The number of hydrogen-bond donors (Lipinski definition) is 5. The van der Waals surface area contributed by atoms with Crippen molar-refractivity contribution in [2.45, 2.75) is 85.6 Å². The number of aliphatic hydroxyl groups excluding tert-OH is 4. The van der Waals surface area contributed by atoms with Crippen LogP contribution in [-0.4, -0.2) is 87.0 Å². The number of nitrogens with one attached hydrogen (secondary N) is 1. The van der Waals surface area contributed by atoms with E-state index in [9.17, 15) is 30.0 Å². The third-order valence-electron chi connectivity index (χ3n) is 12.2. The molecule has 0 spiro atoms. The Morgan fingerprint density at radius 1 is 0.844 bits per heavy atom. The van der Waals surface area contributed by atoms with Crippen molar-refractivity contribution in [1.29, 1.82) is 0 Å². The Kier molecular flexibility index (Phi) is 14.2. The number of hydrogen-bond acceptors (Lipinski definition) is 13. The van der Waals surface area contributed by atoms with Gasteiger partial charge in [-0.15, -0.1) is 0 Å². The van der Waals surface area contributed by atoms with Gasteiger partial charge >= 0.3 is 11.8 Å². The number of aryl methyl sites for hydroxylation is 1. The average Bonchev–Trinajstić information content (AvgIpc) is 3.54. The van der Waals surface area contributed by atoms with Crippen LogP contribution in [0.15, 0.2) is 101 Å². The molecule has 7 rings (SSSR count). The summed E-state index contributed by atoms with van der Waals surface area (Å²) in [5.41, 5.74) is -0.925. The van der Waals surface area contributed by atoms with E-state index in [4.69, 9.17) is 30.5 Å². The molecule has 0 saturated heterocycles. The first-order valence-electron chi connectivity index (χ1n) is 20.8. The summed E-state index contributed by atoms with van der Waals surface area (Å²) in [5, 5.41) is 48.6. The molecule has 1 aliphatic carbocycles. The number of aliphatic imine (C=N–C) groups is 1. The van der Waals surface area contributed by atoms with Crippen LogP contribution in [0.5, 0.6) is 11.5 Å². The summed E-state index contributed by atoms with van der Waals surface area (Å²) in [6.45, 7) is 12.9. The number of carbonyl (C=O) groups is 4. The van der Waals surface area contributed by atoms with Gasteiger partial charge in [0.2, 0.25) is 17.5 Å². The Labute approximate surface area is 376 Å². The van der Waals surface area contributed by atoms with Crippen LogP contribution < -0.4 is 14.8 Å². The standard InChI is InChI=1S/C49H53ClN2O12/c1-23-17-19-30(20-18-23)51-37-38-43(57)35-34(42(37)56)36-45(29(7)44(35)63-48(60)31-15-10-11-16-32(31)50)64-49(8,46(36)58)62-22-21-33(61-9)26(4)40(54)28(6)41(55)27(5)39(53)24(2)13-12-14-25(3)47(59)52-38/h10-22,24,26-28,33,39-41,51,53-55H,1-9H3,(H,52,59)/b13-12+,22-21+,25-14-. The number of fused-ring (bicyclic) bond motifs is 13. The zero-order chi connectivity index (χ0) is 46.9. The van der Waals surface area contributed by atoms with Crippen molar-refractivity contribution < 1.29 is 58.6 Å². The summed E-state index contributed by atoms with van der Waals surface area (Å²) in [4.78, 5) is 63.1. The highest BCUT2D eigenvalue weighted by Gasteiger charge is 2.53. The Hall–Kier alpha value is -5.90. The maximum absolute atomic E-state index is 15.1. The highest BCUT2D eigenvalue weighted by Crippen LogP contribution is 2.50. The van der Waals surface area contributed by atoms with Crippen molar-refractivity contribution in [3.63, 3.8) is 0 Å². The Balaban J connectivity index is 1.60. The van der Waals surface area contributed by atoms with Crippen molar-refractivity contribution in [2.24, 2.45) is 28.7 Å². The number of ketones is 3. The molecule has 0 fully saturated rings. The molecule has 5 N–H and O–H groups in total. The van der Waals surface area contributed by atoms with E-state index in [1.54, 1.807) is 76.2 Å². The van der Waals surface area contributed by atoms with Crippen LogP contribution in [0.2, 0.25) is 5.02 Å². The second-order valence-corrected chi connectivity index (χ2v) is 17.2. The molecule has 0 aromatic heterocycles. The van der Waals surface area contributed by atoms with Gasteiger partial charge in [0.25, 0.3) is 5.78 Å². The molecule has 0 amide bonds. The zero-order valence-electron chi connectivity index (χ0n) is 37.0. The quantitative estimate of drug-likeness (QED) is 0.122. The van der Waals surface area contributed by atoms with Crippen molar-refractivity contribution in [3.8, 4) is 11.5 Å². The molecule has 4 aliphatic rings. The van der Waals surface area contributed by atoms with Crippen molar-refractivity contribution in [1.82, 2.24) is 0 Å². The number of allylic oxidation sites excluding steroid dienone is 4. The van der Waals surface area contributed by atoms with Gasteiger partial charge in [0.15, 0.2) is 0 Å². The van der Waals surface area contributed by atoms with Gasteiger partial charge in [0, 0.05) is 54.5 Å². The molecule has 338 valence electrons. The molecule has 64 heavy (non-hydrogen) atoms. The van der Waals surface area contributed by atoms with Gasteiger partial charge in [-0.3, -0.25) is 14.4 Å². The number of carbonyl (C=O) groups excluding carboxylic acids is 4. The van der Waals surface area contributed by atoms with E-state index in [0.717, 1.165) is 11.8 Å². The maximum atomic E-state index is 15.1. The fourth-order valence-electron chi connectivity index (χ4n) is 8.04. The molecule has 0 saturated carbocycles. The fourth-order valence-corrected chi connectivity index (χ4v) is 8.25. The first kappa shape index (κ1) is 47.6. The summed E-state index contributed by atoms with van der Waals surface area (Å²) in [6, 6.07) is 12.9. The molecule has 3 aliphatic heterocycles. The van der Waals surface area contributed by atoms with Crippen molar-refractivity contribution in [3.05, 3.63) is 134 Å².